The molecule has 0 bridgehead atoms. The van der Waals surface area contributed by atoms with Crippen molar-refractivity contribution in [1.82, 2.24) is 0 Å². The highest BCUT2D eigenvalue weighted by Gasteiger charge is 2.42. The van der Waals surface area contributed by atoms with E-state index < -0.39 is 27.0 Å². The highest BCUT2D eigenvalue weighted by molar-refractivity contribution is 7.92. The number of nitro groups is 1. The van der Waals surface area contributed by atoms with Gasteiger partial charge >= 0.3 is 0 Å². The minimum atomic E-state index is -4.06. The zero-order valence-corrected chi connectivity index (χ0v) is 25.4. The number of nitrogens with one attached hydrogen (secondary N) is 1. The molecule has 45 heavy (non-hydrogen) atoms. The molecule has 0 saturated heterocycles. The Morgan fingerprint density at radius 3 is 2.09 bits per heavy atom. The van der Waals surface area contributed by atoms with Gasteiger partial charge in [-0.3, -0.25) is 24.5 Å². The number of nitrogens with zero attached hydrogens (tertiary/aromatic N) is 3. The molecule has 1 aliphatic rings. The van der Waals surface area contributed by atoms with Crippen LogP contribution in [-0.2, 0) is 16.6 Å². The first-order valence-corrected chi connectivity index (χ1v) is 15.8. The highest BCUT2D eigenvalue weighted by atomic mass is 32.2. The van der Waals surface area contributed by atoms with Crippen molar-refractivity contribution in [2.24, 2.45) is 0 Å². The van der Waals surface area contributed by atoms with Crippen molar-refractivity contribution in [3.63, 3.8) is 0 Å². The molecule has 5 aromatic carbocycles. The van der Waals surface area contributed by atoms with E-state index in [1.165, 1.54) is 23.1 Å². The first-order chi connectivity index (χ1) is 21.6. The lowest BCUT2D eigenvalue weighted by Crippen LogP contribution is -2.49. The van der Waals surface area contributed by atoms with E-state index in [-0.39, 0.29) is 22.7 Å². The molecule has 6 rings (SSSR count). The second kappa shape index (κ2) is 11.9. The van der Waals surface area contributed by atoms with Gasteiger partial charge in [-0.15, -0.1) is 0 Å². The summed E-state index contributed by atoms with van der Waals surface area (Å²) in [5.41, 5.74) is 4.60. The van der Waals surface area contributed by atoms with Gasteiger partial charge in [0.15, 0.2) is 0 Å². The third-order valence-corrected chi connectivity index (χ3v) is 9.18. The van der Waals surface area contributed by atoms with E-state index in [4.69, 9.17) is 0 Å². The second-order valence-electron chi connectivity index (χ2n) is 11.0. The summed E-state index contributed by atoms with van der Waals surface area (Å²) in [4.78, 5) is 29.7. The fraction of sp³-hybridized carbons (Fsp3) is 0.114. The van der Waals surface area contributed by atoms with Crippen molar-refractivity contribution in [1.29, 1.82) is 0 Å². The molecule has 1 N–H and O–H groups in total. The van der Waals surface area contributed by atoms with Crippen LogP contribution in [0.5, 0.6) is 0 Å². The Hall–Kier alpha value is -5.48. The van der Waals surface area contributed by atoms with E-state index >= 15 is 0 Å². The minimum absolute atomic E-state index is 0.0807. The summed E-state index contributed by atoms with van der Waals surface area (Å²) < 4.78 is 29.6. The average Bonchev–Trinajstić information content (AvgIpc) is 3.04. The number of amides is 1. The maximum atomic E-state index is 14.6. The Bertz CT molecular complexity index is 2000. The van der Waals surface area contributed by atoms with E-state index in [2.05, 4.69) is 4.72 Å². The Morgan fingerprint density at radius 1 is 0.800 bits per heavy atom. The molecule has 10 heteroatoms. The van der Waals surface area contributed by atoms with Crippen molar-refractivity contribution >= 4 is 38.7 Å². The van der Waals surface area contributed by atoms with Gasteiger partial charge in [-0.25, -0.2) is 8.42 Å². The number of sulfonamides is 1. The summed E-state index contributed by atoms with van der Waals surface area (Å²) in [5, 5.41) is 12.3. The highest BCUT2D eigenvalue weighted by Crippen LogP contribution is 2.45. The molecule has 1 amide bonds. The van der Waals surface area contributed by atoms with Crippen molar-refractivity contribution in [3.8, 4) is 0 Å². The normalized spacial score (nSPS) is 14.6. The topological polar surface area (TPSA) is 113 Å². The van der Waals surface area contributed by atoms with Crippen molar-refractivity contribution < 1.29 is 18.1 Å². The fourth-order valence-electron chi connectivity index (χ4n) is 5.55. The predicted octanol–water partition coefficient (Wildman–Crippen LogP) is 7.38. The third-order valence-electron chi connectivity index (χ3n) is 7.80. The molecule has 1 aliphatic heterocycles. The number of rotatable bonds is 8. The number of hydrogen-bond donors (Lipinski definition) is 1. The fourth-order valence-corrected chi connectivity index (χ4v) is 6.63. The van der Waals surface area contributed by atoms with Gasteiger partial charge in [0.25, 0.3) is 21.6 Å². The lowest BCUT2D eigenvalue weighted by molar-refractivity contribution is -0.385. The third kappa shape index (κ3) is 5.87. The zero-order valence-electron chi connectivity index (χ0n) is 24.6. The summed E-state index contributed by atoms with van der Waals surface area (Å²) in [6.07, 6.45) is -0.914. The SMILES string of the molecule is Cc1ccc(NS(=O)(=O)c2ccc3c(c2)C(=O)N(c2ccc(C)cc2)[C@@H](c2ccccc2[N+](=O)[O-])N3Cc2ccccc2)cc1. The number of anilines is 3. The molecule has 0 fully saturated rings. The number of fused-ring (bicyclic) bond motifs is 1. The number of carbonyl (C=O) groups is 1. The van der Waals surface area contributed by atoms with Crippen LogP contribution in [-0.4, -0.2) is 19.2 Å². The first kappa shape index (κ1) is 29.6. The minimum Gasteiger partial charge on any atom is -0.342 e. The Labute approximate surface area is 261 Å². The van der Waals surface area contributed by atoms with Gasteiger partial charge < -0.3 is 4.90 Å². The lowest BCUT2D eigenvalue weighted by Gasteiger charge is -2.45. The van der Waals surface area contributed by atoms with Crippen LogP contribution in [0.3, 0.4) is 0 Å². The van der Waals surface area contributed by atoms with E-state index in [1.54, 1.807) is 60.7 Å². The van der Waals surface area contributed by atoms with Gasteiger partial charge in [-0.05, 0) is 67.9 Å². The van der Waals surface area contributed by atoms with Crippen molar-refractivity contribution in [2.45, 2.75) is 31.5 Å². The summed E-state index contributed by atoms with van der Waals surface area (Å²) in [6, 6.07) is 34.7. The standard InChI is InChI=1S/C35H30N4O5S/c1-24-12-16-27(17-13-24)36-45(43,44)29-20-21-32-31(22-29)35(40)38(28-18-14-25(2)15-19-28)34(30-10-6-7-11-33(30)39(41)42)37(32)23-26-8-4-3-5-9-26/h3-22,34,36H,23H2,1-2H3/t34-/m0/s1. The van der Waals surface area contributed by atoms with Crippen LogP contribution in [0.15, 0.2) is 126 Å². The molecule has 0 saturated carbocycles. The second-order valence-corrected chi connectivity index (χ2v) is 12.6. The average molecular weight is 619 g/mol. The number of carbonyl (C=O) groups excluding carboxylic acids is 1. The summed E-state index contributed by atoms with van der Waals surface area (Å²) >= 11 is 0. The molecule has 9 nitrogen and oxygen atoms in total. The van der Waals surface area contributed by atoms with Crippen LogP contribution in [0.1, 0.15) is 38.8 Å². The predicted molar refractivity (Wildman–Crippen MR) is 175 cm³/mol. The molecule has 0 aliphatic carbocycles. The van der Waals surface area contributed by atoms with Gasteiger partial charge in [-0.1, -0.05) is 77.9 Å². The van der Waals surface area contributed by atoms with Gasteiger partial charge in [0.05, 0.1) is 26.6 Å². The van der Waals surface area contributed by atoms with Crippen LogP contribution in [0.2, 0.25) is 0 Å². The maximum absolute atomic E-state index is 14.6. The van der Waals surface area contributed by atoms with Gasteiger partial charge in [0.2, 0.25) is 0 Å². The zero-order chi connectivity index (χ0) is 31.7. The summed E-state index contributed by atoms with van der Waals surface area (Å²) in [7, 11) is -4.06. The Morgan fingerprint density at radius 2 is 1.42 bits per heavy atom. The number of nitro benzene ring substituents is 1. The lowest BCUT2D eigenvalue weighted by atomic mass is 9.98. The first-order valence-electron chi connectivity index (χ1n) is 14.3. The molecule has 0 radical (unpaired) electrons. The molecule has 0 unspecified atom stereocenters. The molecule has 0 spiro atoms. The number of para-hydroxylation sites is 1. The van der Waals surface area contributed by atoms with E-state index in [0.717, 1.165) is 16.7 Å². The van der Waals surface area contributed by atoms with E-state index in [0.29, 0.717) is 22.6 Å². The van der Waals surface area contributed by atoms with Gasteiger partial charge in [0.1, 0.15) is 6.17 Å². The molecule has 0 aromatic heterocycles. The number of hydrogen-bond acceptors (Lipinski definition) is 6. The molecular weight excluding hydrogens is 588 g/mol. The molecule has 226 valence electrons. The summed E-state index contributed by atoms with van der Waals surface area (Å²) in [5.74, 6) is -0.478. The van der Waals surface area contributed by atoms with Crippen LogP contribution in [0, 0.1) is 24.0 Å². The Kier molecular flexibility index (Phi) is 7.82. The van der Waals surface area contributed by atoms with Crippen molar-refractivity contribution in [2.75, 3.05) is 14.5 Å². The van der Waals surface area contributed by atoms with Crippen LogP contribution in [0.25, 0.3) is 0 Å². The van der Waals surface area contributed by atoms with Crippen molar-refractivity contribution in [3.05, 3.63) is 159 Å². The number of benzene rings is 5. The van der Waals surface area contributed by atoms with Gasteiger partial charge in [-0.2, -0.15) is 0 Å². The molecule has 5 aromatic rings. The molecule has 1 heterocycles. The van der Waals surface area contributed by atoms with Gasteiger partial charge in [0, 0.05) is 24.0 Å². The molecular formula is C35H30N4O5S. The van der Waals surface area contributed by atoms with Crippen LogP contribution in [0.4, 0.5) is 22.7 Å². The Balaban J connectivity index is 1.56. The van der Waals surface area contributed by atoms with E-state index in [1.807, 2.05) is 61.2 Å². The maximum Gasteiger partial charge on any atom is 0.276 e. The quantitative estimate of drug-likeness (QED) is 0.143. The van der Waals surface area contributed by atoms with Crippen LogP contribution >= 0.6 is 0 Å². The van der Waals surface area contributed by atoms with E-state index in [9.17, 15) is 23.3 Å². The van der Waals surface area contributed by atoms with Crippen LogP contribution < -0.4 is 14.5 Å². The smallest absolute Gasteiger partial charge is 0.276 e. The molecule has 1 atom stereocenters. The number of aryl methyl sites for hydroxylation is 2. The summed E-state index contributed by atoms with van der Waals surface area (Å²) in [6.45, 7) is 4.12. The largest absolute Gasteiger partial charge is 0.342 e. The monoisotopic (exact) mass is 618 g/mol.